The number of aromatic nitrogens is 3. The number of halogens is 3. The minimum atomic E-state index is -4.40. The summed E-state index contributed by atoms with van der Waals surface area (Å²) in [5.41, 5.74) is 1.78. The summed E-state index contributed by atoms with van der Waals surface area (Å²) in [6.07, 6.45) is -4.11. The fourth-order valence-corrected chi connectivity index (χ4v) is 2.98. The Kier molecular flexibility index (Phi) is 4.06. The normalized spacial score (nSPS) is 18.5. The zero-order chi connectivity index (χ0) is 17.5. The Labute approximate surface area is 137 Å². The molecule has 3 rings (SSSR count). The summed E-state index contributed by atoms with van der Waals surface area (Å²) in [5.74, 6) is 0.431. The lowest BCUT2D eigenvalue weighted by Crippen LogP contribution is -2.36. The second-order valence-electron chi connectivity index (χ2n) is 5.92. The van der Waals surface area contributed by atoms with Gasteiger partial charge < -0.3 is 4.90 Å². The van der Waals surface area contributed by atoms with Crippen LogP contribution < -0.4 is 0 Å². The highest BCUT2D eigenvalue weighted by molar-refractivity contribution is 5.83. The summed E-state index contributed by atoms with van der Waals surface area (Å²) >= 11 is 0. The summed E-state index contributed by atoms with van der Waals surface area (Å²) in [4.78, 5) is 17.6. The number of hydrogen-bond acceptors (Lipinski definition) is 3. The largest absolute Gasteiger partial charge is 0.406 e. The van der Waals surface area contributed by atoms with Crippen molar-refractivity contribution in [3.63, 3.8) is 0 Å². The number of carbonyl (C=O) groups is 1. The zero-order valence-corrected chi connectivity index (χ0v) is 13.3. The van der Waals surface area contributed by atoms with Gasteiger partial charge in [-0.1, -0.05) is 24.3 Å². The second-order valence-corrected chi connectivity index (χ2v) is 5.92. The molecule has 2 aromatic rings. The highest BCUT2D eigenvalue weighted by Gasteiger charge is 2.41. The van der Waals surface area contributed by atoms with Crippen molar-refractivity contribution in [3.05, 3.63) is 35.7 Å². The predicted octanol–water partition coefficient (Wildman–Crippen LogP) is 2.90. The maximum atomic E-state index is 12.6. The fourth-order valence-electron chi connectivity index (χ4n) is 2.98. The Morgan fingerprint density at radius 1 is 1.25 bits per heavy atom. The molecule has 1 aliphatic rings. The van der Waals surface area contributed by atoms with Crippen LogP contribution in [0.3, 0.4) is 0 Å². The van der Waals surface area contributed by atoms with Crippen molar-refractivity contribution in [2.24, 2.45) is 0 Å². The molecule has 0 radical (unpaired) electrons. The van der Waals surface area contributed by atoms with E-state index in [0.717, 1.165) is 16.0 Å². The summed E-state index contributed by atoms with van der Waals surface area (Å²) in [7, 11) is 0. The number of rotatable bonds is 3. The first kappa shape index (κ1) is 16.5. The number of nitrogens with zero attached hydrogens (tertiary/aromatic N) is 4. The maximum Gasteiger partial charge on any atom is 0.406 e. The van der Waals surface area contributed by atoms with Crippen LogP contribution in [0.25, 0.3) is 11.4 Å². The predicted molar refractivity (Wildman–Crippen MR) is 81.2 cm³/mol. The van der Waals surface area contributed by atoms with E-state index in [1.807, 2.05) is 31.2 Å². The lowest BCUT2D eigenvalue weighted by Gasteiger charge is -2.19. The lowest BCUT2D eigenvalue weighted by atomic mass is 10.1. The van der Waals surface area contributed by atoms with Crippen molar-refractivity contribution in [1.82, 2.24) is 19.7 Å². The number of carbonyl (C=O) groups excluding carboxylic acids is 1. The summed E-state index contributed by atoms with van der Waals surface area (Å²) in [6, 6.07) is 6.77. The van der Waals surface area contributed by atoms with Crippen LogP contribution in [0.15, 0.2) is 24.3 Å². The number of aryl methyl sites for hydroxylation is 2. The molecule has 0 N–H and O–H groups in total. The first-order valence-corrected chi connectivity index (χ1v) is 7.61. The highest BCUT2D eigenvalue weighted by Crippen LogP contribution is 2.31. The van der Waals surface area contributed by atoms with Crippen molar-refractivity contribution in [2.45, 2.75) is 32.5 Å². The highest BCUT2D eigenvalue weighted by atomic mass is 19.4. The molecule has 1 saturated heterocycles. The van der Waals surface area contributed by atoms with E-state index in [0.29, 0.717) is 11.6 Å². The molecule has 1 unspecified atom stereocenters. The molecule has 0 saturated carbocycles. The molecule has 1 amide bonds. The van der Waals surface area contributed by atoms with Crippen molar-refractivity contribution in [1.29, 1.82) is 0 Å². The third-order valence-electron chi connectivity index (χ3n) is 4.06. The Hall–Kier alpha value is -2.38. The molecular formula is C16H17F3N4O. The van der Waals surface area contributed by atoms with E-state index in [2.05, 4.69) is 10.1 Å². The molecule has 1 aliphatic heterocycles. The zero-order valence-electron chi connectivity index (χ0n) is 13.3. The van der Waals surface area contributed by atoms with Gasteiger partial charge in [-0.05, 0) is 25.8 Å². The smallest absolute Gasteiger partial charge is 0.332 e. The van der Waals surface area contributed by atoms with Gasteiger partial charge in [0.05, 0.1) is 0 Å². The molecule has 1 aromatic heterocycles. The molecule has 0 bridgehead atoms. The number of hydrogen-bond donors (Lipinski definition) is 0. The van der Waals surface area contributed by atoms with Gasteiger partial charge in [-0.15, -0.1) is 0 Å². The van der Waals surface area contributed by atoms with Gasteiger partial charge in [-0.2, -0.15) is 18.3 Å². The lowest BCUT2D eigenvalue weighted by molar-refractivity contribution is -0.158. The van der Waals surface area contributed by atoms with Gasteiger partial charge in [0.2, 0.25) is 5.91 Å². The van der Waals surface area contributed by atoms with Gasteiger partial charge in [0.15, 0.2) is 5.82 Å². The Bertz CT molecular complexity index is 769. The van der Waals surface area contributed by atoms with Crippen LogP contribution in [0.4, 0.5) is 13.2 Å². The summed E-state index contributed by atoms with van der Waals surface area (Å²) in [5, 5.41) is 4.27. The quantitative estimate of drug-likeness (QED) is 0.865. The topological polar surface area (TPSA) is 51.0 Å². The van der Waals surface area contributed by atoms with Crippen molar-refractivity contribution < 1.29 is 18.0 Å². The minimum Gasteiger partial charge on any atom is -0.332 e. The van der Waals surface area contributed by atoms with Crippen LogP contribution in [-0.4, -0.2) is 44.8 Å². The molecule has 1 fully saturated rings. The van der Waals surface area contributed by atoms with Gasteiger partial charge in [-0.3, -0.25) is 4.79 Å². The van der Waals surface area contributed by atoms with Gasteiger partial charge >= 0.3 is 6.18 Å². The van der Waals surface area contributed by atoms with Crippen LogP contribution in [0, 0.1) is 13.8 Å². The standard InChI is InChI=1S/C16H17F3N4O/c1-10-5-3-4-6-12(10)14-20-11(2)21-23(14)13-7-8-22(15(13)24)9-16(17,18)19/h3-6,13H,7-9H2,1-2H3. The van der Waals surface area contributed by atoms with Gasteiger partial charge in [0.1, 0.15) is 18.4 Å². The molecule has 2 heterocycles. The molecular weight excluding hydrogens is 321 g/mol. The third-order valence-corrected chi connectivity index (χ3v) is 4.06. The average molecular weight is 338 g/mol. The molecule has 1 aromatic carbocycles. The fraction of sp³-hybridized carbons (Fsp3) is 0.438. The first-order valence-electron chi connectivity index (χ1n) is 7.61. The van der Waals surface area contributed by atoms with Crippen molar-refractivity contribution >= 4 is 5.91 Å². The van der Waals surface area contributed by atoms with E-state index < -0.39 is 24.7 Å². The van der Waals surface area contributed by atoms with Gasteiger partial charge in [0.25, 0.3) is 0 Å². The van der Waals surface area contributed by atoms with Crippen LogP contribution in [0.5, 0.6) is 0 Å². The second kappa shape index (κ2) is 5.92. The van der Waals surface area contributed by atoms with Crippen LogP contribution >= 0.6 is 0 Å². The molecule has 8 heteroatoms. The van der Waals surface area contributed by atoms with E-state index in [4.69, 9.17) is 0 Å². The monoisotopic (exact) mass is 338 g/mol. The summed E-state index contributed by atoms with van der Waals surface area (Å²) in [6.45, 7) is 2.45. The van der Waals surface area contributed by atoms with Crippen LogP contribution in [0.1, 0.15) is 23.9 Å². The van der Waals surface area contributed by atoms with E-state index in [1.165, 1.54) is 4.68 Å². The Morgan fingerprint density at radius 2 is 1.96 bits per heavy atom. The summed E-state index contributed by atoms with van der Waals surface area (Å²) < 4.78 is 39.2. The Balaban J connectivity index is 1.94. The molecule has 1 atom stereocenters. The van der Waals surface area contributed by atoms with Gasteiger partial charge in [0, 0.05) is 12.1 Å². The number of likely N-dealkylation sites (tertiary alicyclic amines) is 1. The number of benzene rings is 1. The molecule has 24 heavy (non-hydrogen) atoms. The average Bonchev–Trinajstić information content (AvgIpc) is 3.02. The Morgan fingerprint density at radius 3 is 2.62 bits per heavy atom. The van der Waals surface area contributed by atoms with E-state index in [-0.39, 0.29) is 13.0 Å². The minimum absolute atomic E-state index is 0.0646. The molecule has 0 spiro atoms. The molecule has 128 valence electrons. The van der Waals surface area contributed by atoms with Crippen LogP contribution in [-0.2, 0) is 4.79 Å². The third kappa shape index (κ3) is 3.13. The SMILES string of the molecule is Cc1nc(-c2ccccc2C)n(C2CCN(CC(F)(F)F)C2=O)n1. The molecule has 5 nitrogen and oxygen atoms in total. The van der Waals surface area contributed by atoms with E-state index >= 15 is 0 Å². The van der Waals surface area contributed by atoms with E-state index in [1.54, 1.807) is 6.92 Å². The van der Waals surface area contributed by atoms with Crippen molar-refractivity contribution in [2.75, 3.05) is 13.1 Å². The van der Waals surface area contributed by atoms with Crippen molar-refractivity contribution in [3.8, 4) is 11.4 Å². The molecule has 0 aliphatic carbocycles. The van der Waals surface area contributed by atoms with Crippen LogP contribution in [0.2, 0.25) is 0 Å². The van der Waals surface area contributed by atoms with Gasteiger partial charge in [-0.25, -0.2) is 9.67 Å². The first-order chi connectivity index (χ1) is 11.3. The maximum absolute atomic E-state index is 12.6. The van der Waals surface area contributed by atoms with E-state index in [9.17, 15) is 18.0 Å². The number of amides is 1. The number of alkyl halides is 3.